The summed E-state index contributed by atoms with van der Waals surface area (Å²) in [6.07, 6.45) is 1.04. The van der Waals surface area contributed by atoms with Crippen LogP contribution < -0.4 is 0 Å². The van der Waals surface area contributed by atoms with Gasteiger partial charge in [-0.2, -0.15) is 0 Å². The standard InChI is InChI=1S/C12H18O/c1-6-11-7(2)8(3)12(9(11)4)10(5)13/h8H,6H2,1-5H3. The highest BCUT2D eigenvalue weighted by atomic mass is 16.1. The highest BCUT2D eigenvalue weighted by Gasteiger charge is 2.26. The summed E-state index contributed by atoms with van der Waals surface area (Å²) in [6, 6.07) is 0. The Morgan fingerprint density at radius 1 is 1.38 bits per heavy atom. The number of allylic oxidation sites excluding steroid dienone is 4. The second kappa shape index (κ2) is 3.49. The molecule has 0 aromatic heterocycles. The largest absolute Gasteiger partial charge is 0.295 e. The van der Waals surface area contributed by atoms with Gasteiger partial charge >= 0.3 is 0 Å². The van der Waals surface area contributed by atoms with Crippen molar-refractivity contribution in [3.8, 4) is 0 Å². The smallest absolute Gasteiger partial charge is 0.156 e. The van der Waals surface area contributed by atoms with Crippen molar-refractivity contribution in [1.29, 1.82) is 0 Å². The summed E-state index contributed by atoms with van der Waals surface area (Å²) in [5, 5.41) is 0. The first-order valence-corrected chi connectivity index (χ1v) is 4.92. The molecule has 1 rings (SSSR count). The maximum Gasteiger partial charge on any atom is 0.156 e. The van der Waals surface area contributed by atoms with E-state index in [-0.39, 0.29) is 5.78 Å². The van der Waals surface area contributed by atoms with Gasteiger partial charge in [-0.1, -0.05) is 19.4 Å². The van der Waals surface area contributed by atoms with Gasteiger partial charge in [-0.15, -0.1) is 0 Å². The Hall–Kier alpha value is -0.850. The van der Waals surface area contributed by atoms with Gasteiger partial charge in [0.1, 0.15) is 0 Å². The van der Waals surface area contributed by atoms with Crippen molar-refractivity contribution in [2.75, 3.05) is 0 Å². The molecule has 0 radical (unpaired) electrons. The van der Waals surface area contributed by atoms with Gasteiger partial charge in [0.2, 0.25) is 0 Å². The third-order valence-corrected chi connectivity index (χ3v) is 3.15. The molecule has 0 saturated carbocycles. The molecule has 1 nitrogen and oxygen atoms in total. The molecule has 1 aliphatic rings. The highest BCUT2D eigenvalue weighted by Crippen LogP contribution is 2.38. The van der Waals surface area contributed by atoms with Crippen LogP contribution in [-0.4, -0.2) is 5.78 Å². The van der Waals surface area contributed by atoms with E-state index in [9.17, 15) is 4.79 Å². The fourth-order valence-corrected chi connectivity index (χ4v) is 2.37. The van der Waals surface area contributed by atoms with Crippen LogP contribution in [0.1, 0.15) is 41.0 Å². The summed E-state index contributed by atoms with van der Waals surface area (Å²) >= 11 is 0. The molecule has 1 heteroatoms. The molecule has 1 atom stereocenters. The Morgan fingerprint density at radius 2 is 1.92 bits per heavy atom. The molecule has 0 saturated heterocycles. The molecule has 0 amide bonds. The minimum Gasteiger partial charge on any atom is -0.295 e. The summed E-state index contributed by atoms with van der Waals surface area (Å²) in [7, 11) is 0. The molecule has 0 heterocycles. The number of carbonyl (C=O) groups excluding carboxylic acids is 1. The summed E-state index contributed by atoms with van der Waals surface area (Å²) in [4.78, 5) is 11.4. The van der Waals surface area contributed by atoms with Crippen LogP contribution in [-0.2, 0) is 4.79 Å². The minimum atomic E-state index is 0.229. The Balaban J connectivity index is 3.18. The monoisotopic (exact) mass is 178 g/mol. The molecule has 0 aromatic rings. The van der Waals surface area contributed by atoms with Gasteiger partial charge in [0.05, 0.1) is 0 Å². The van der Waals surface area contributed by atoms with Gasteiger partial charge in [-0.25, -0.2) is 0 Å². The van der Waals surface area contributed by atoms with Gasteiger partial charge in [0.15, 0.2) is 5.78 Å². The second-order valence-corrected chi connectivity index (χ2v) is 3.83. The molecular weight excluding hydrogens is 160 g/mol. The number of rotatable bonds is 2. The van der Waals surface area contributed by atoms with E-state index < -0.39 is 0 Å². The van der Waals surface area contributed by atoms with Crippen molar-refractivity contribution in [3.05, 3.63) is 22.3 Å². The van der Waals surface area contributed by atoms with Crippen molar-refractivity contribution in [1.82, 2.24) is 0 Å². The van der Waals surface area contributed by atoms with Gasteiger partial charge in [0, 0.05) is 11.5 Å². The molecule has 13 heavy (non-hydrogen) atoms. The van der Waals surface area contributed by atoms with Crippen LogP contribution in [0.2, 0.25) is 0 Å². The third-order valence-electron chi connectivity index (χ3n) is 3.15. The number of hydrogen-bond acceptors (Lipinski definition) is 1. The van der Waals surface area contributed by atoms with E-state index in [1.54, 1.807) is 6.92 Å². The van der Waals surface area contributed by atoms with E-state index in [0.717, 1.165) is 12.0 Å². The maximum absolute atomic E-state index is 11.4. The molecule has 0 aliphatic heterocycles. The molecule has 1 unspecified atom stereocenters. The number of ketones is 1. The molecule has 0 N–H and O–H groups in total. The zero-order valence-corrected chi connectivity index (χ0v) is 9.19. The van der Waals surface area contributed by atoms with Gasteiger partial charge in [0.25, 0.3) is 0 Å². The average Bonchev–Trinajstić information content (AvgIpc) is 2.24. The summed E-state index contributed by atoms with van der Waals surface area (Å²) < 4.78 is 0. The van der Waals surface area contributed by atoms with Crippen LogP contribution in [0.15, 0.2) is 22.3 Å². The Bertz CT molecular complexity index is 305. The summed E-state index contributed by atoms with van der Waals surface area (Å²) in [6.45, 7) is 10.2. The molecule has 0 fully saturated rings. The van der Waals surface area contributed by atoms with Crippen LogP contribution in [0.25, 0.3) is 0 Å². The van der Waals surface area contributed by atoms with Crippen molar-refractivity contribution >= 4 is 5.78 Å². The highest BCUT2D eigenvalue weighted by molar-refractivity contribution is 5.97. The number of carbonyl (C=O) groups is 1. The van der Waals surface area contributed by atoms with E-state index >= 15 is 0 Å². The normalized spacial score (nSPS) is 23.0. The molecular formula is C12H18O. The van der Waals surface area contributed by atoms with Gasteiger partial charge in [-0.05, 0) is 38.3 Å². The SMILES string of the molecule is CCC1=C(C)C(C)C(C(C)=O)=C1C. The lowest BCUT2D eigenvalue weighted by Gasteiger charge is -2.08. The predicted octanol–water partition coefficient (Wildman–Crippen LogP) is 3.27. The lowest BCUT2D eigenvalue weighted by atomic mass is 9.95. The third kappa shape index (κ3) is 1.48. The zero-order chi connectivity index (χ0) is 10.2. The molecule has 1 aliphatic carbocycles. The van der Waals surface area contributed by atoms with E-state index in [2.05, 4.69) is 27.7 Å². The Kier molecular flexibility index (Phi) is 2.74. The van der Waals surface area contributed by atoms with Crippen LogP contribution in [0.4, 0.5) is 0 Å². The van der Waals surface area contributed by atoms with Crippen molar-refractivity contribution in [2.45, 2.75) is 41.0 Å². The lowest BCUT2D eigenvalue weighted by molar-refractivity contribution is -0.114. The Labute approximate surface area is 80.5 Å². The van der Waals surface area contributed by atoms with E-state index in [0.29, 0.717) is 5.92 Å². The molecule has 72 valence electrons. The number of hydrogen-bond donors (Lipinski definition) is 0. The predicted molar refractivity (Wildman–Crippen MR) is 55.5 cm³/mol. The fourth-order valence-electron chi connectivity index (χ4n) is 2.37. The first kappa shape index (κ1) is 10.2. The van der Waals surface area contributed by atoms with Crippen LogP contribution in [0, 0.1) is 5.92 Å². The van der Waals surface area contributed by atoms with Crippen LogP contribution >= 0.6 is 0 Å². The van der Waals surface area contributed by atoms with Crippen molar-refractivity contribution in [2.24, 2.45) is 5.92 Å². The summed E-state index contributed by atoms with van der Waals surface area (Å²) in [5.41, 5.74) is 5.01. The van der Waals surface area contributed by atoms with E-state index in [1.165, 1.54) is 16.7 Å². The van der Waals surface area contributed by atoms with E-state index in [1.807, 2.05) is 0 Å². The Morgan fingerprint density at radius 3 is 2.15 bits per heavy atom. The maximum atomic E-state index is 11.4. The fraction of sp³-hybridized carbons (Fsp3) is 0.583. The van der Waals surface area contributed by atoms with Crippen molar-refractivity contribution in [3.63, 3.8) is 0 Å². The number of Topliss-reactive ketones (excluding diaryl/α,β-unsaturated/α-hetero) is 1. The van der Waals surface area contributed by atoms with E-state index in [4.69, 9.17) is 0 Å². The molecule has 0 aromatic carbocycles. The van der Waals surface area contributed by atoms with Gasteiger partial charge in [-0.3, -0.25) is 4.79 Å². The van der Waals surface area contributed by atoms with Crippen LogP contribution in [0.3, 0.4) is 0 Å². The molecule has 0 spiro atoms. The summed E-state index contributed by atoms with van der Waals surface area (Å²) in [5.74, 6) is 0.570. The first-order valence-electron chi connectivity index (χ1n) is 4.92. The second-order valence-electron chi connectivity index (χ2n) is 3.83. The first-order chi connectivity index (χ1) is 6.00. The topological polar surface area (TPSA) is 17.1 Å². The minimum absolute atomic E-state index is 0.229. The average molecular weight is 178 g/mol. The lowest BCUT2D eigenvalue weighted by Crippen LogP contribution is -2.05. The van der Waals surface area contributed by atoms with Crippen LogP contribution in [0.5, 0.6) is 0 Å². The quantitative estimate of drug-likeness (QED) is 0.634. The zero-order valence-electron chi connectivity index (χ0n) is 9.19. The van der Waals surface area contributed by atoms with Gasteiger partial charge < -0.3 is 0 Å². The van der Waals surface area contributed by atoms with Crippen molar-refractivity contribution < 1.29 is 4.79 Å². The molecule has 0 bridgehead atoms.